The highest BCUT2D eigenvalue weighted by molar-refractivity contribution is 6.33. The third kappa shape index (κ3) is 5.11. The van der Waals surface area contributed by atoms with Crippen molar-refractivity contribution in [2.45, 2.75) is 26.4 Å². The zero-order valence-electron chi connectivity index (χ0n) is 13.1. The van der Waals surface area contributed by atoms with E-state index in [2.05, 4.69) is 19.2 Å². The fourth-order valence-electron chi connectivity index (χ4n) is 3.11. The van der Waals surface area contributed by atoms with Crippen LogP contribution in [0.15, 0.2) is 18.2 Å². The molecule has 0 aromatic heterocycles. The number of carbonyl (C=O) groups is 1. The van der Waals surface area contributed by atoms with Crippen LogP contribution in [0.25, 0.3) is 0 Å². The highest BCUT2D eigenvalue weighted by Crippen LogP contribution is 2.33. The number of rotatable bonds is 3. The maximum absolute atomic E-state index is 12.7. The van der Waals surface area contributed by atoms with Crippen LogP contribution in [-0.4, -0.2) is 30.4 Å². The Morgan fingerprint density at radius 2 is 1.91 bits per heavy atom. The van der Waals surface area contributed by atoms with E-state index in [4.69, 9.17) is 11.6 Å². The maximum Gasteiger partial charge on any atom is 0.416 e. The van der Waals surface area contributed by atoms with Crippen LogP contribution < -0.4 is 5.32 Å². The van der Waals surface area contributed by atoms with Crippen molar-refractivity contribution in [2.24, 2.45) is 11.8 Å². The highest BCUT2D eigenvalue weighted by Gasteiger charge is 2.31. The summed E-state index contributed by atoms with van der Waals surface area (Å²) in [5.41, 5.74) is -0.845. The van der Waals surface area contributed by atoms with Gasteiger partial charge in [0.15, 0.2) is 0 Å². The lowest BCUT2D eigenvalue weighted by atomic mass is 9.92. The van der Waals surface area contributed by atoms with Crippen LogP contribution in [-0.2, 0) is 11.0 Å². The van der Waals surface area contributed by atoms with Crippen molar-refractivity contribution >= 4 is 23.2 Å². The molecule has 3 nitrogen and oxygen atoms in total. The normalized spacial score (nSPS) is 22.9. The van der Waals surface area contributed by atoms with Gasteiger partial charge in [0.2, 0.25) is 5.91 Å². The molecule has 2 unspecified atom stereocenters. The van der Waals surface area contributed by atoms with Gasteiger partial charge in [-0.15, -0.1) is 0 Å². The Labute approximate surface area is 138 Å². The molecule has 1 N–H and O–H groups in total. The number of hydrogen-bond acceptors (Lipinski definition) is 2. The lowest BCUT2D eigenvalue weighted by molar-refractivity contribution is -0.137. The summed E-state index contributed by atoms with van der Waals surface area (Å²) in [6.45, 7) is 6.04. The number of nitrogens with zero attached hydrogens (tertiary/aromatic N) is 1. The largest absolute Gasteiger partial charge is 0.416 e. The summed E-state index contributed by atoms with van der Waals surface area (Å²) in [4.78, 5) is 14.1. The highest BCUT2D eigenvalue weighted by atomic mass is 35.5. The predicted octanol–water partition coefficient (Wildman–Crippen LogP) is 4.28. The van der Waals surface area contributed by atoms with Crippen LogP contribution in [0.4, 0.5) is 18.9 Å². The number of hydrogen-bond donors (Lipinski definition) is 1. The Bertz CT molecular complexity index is 567. The number of anilines is 1. The van der Waals surface area contributed by atoms with Gasteiger partial charge in [0.1, 0.15) is 0 Å². The van der Waals surface area contributed by atoms with E-state index in [0.717, 1.165) is 37.7 Å². The topological polar surface area (TPSA) is 32.3 Å². The minimum Gasteiger partial charge on any atom is -0.324 e. The average Bonchev–Trinajstić information content (AvgIpc) is 2.38. The molecule has 7 heteroatoms. The van der Waals surface area contributed by atoms with Crippen molar-refractivity contribution < 1.29 is 18.0 Å². The number of benzene rings is 1. The SMILES string of the molecule is CC1CC(C)CN(CC(=O)Nc2cc(C(F)(F)F)ccc2Cl)C1. The molecule has 0 spiro atoms. The van der Waals surface area contributed by atoms with Crippen LogP contribution in [0.2, 0.25) is 5.02 Å². The van der Waals surface area contributed by atoms with E-state index in [1.54, 1.807) is 0 Å². The Morgan fingerprint density at radius 3 is 2.48 bits per heavy atom. The van der Waals surface area contributed by atoms with E-state index >= 15 is 0 Å². The molecule has 0 saturated carbocycles. The fourth-order valence-corrected chi connectivity index (χ4v) is 3.28. The monoisotopic (exact) mass is 348 g/mol. The Hall–Kier alpha value is -1.27. The summed E-state index contributed by atoms with van der Waals surface area (Å²) in [5.74, 6) is 0.653. The first-order valence-corrected chi connectivity index (χ1v) is 7.92. The van der Waals surface area contributed by atoms with Gasteiger partial charge in [-0.2, -0.15) is 13.2 Å². The van der Waals surface area contributed by atoms with Crippen LogP contribution in [0.1, 0.15) is 25.8 Å². The van der Waals surface area contributed by atoms with E-state index in [-0.39, 0.29) is 23.2 Å². The van der Waals surface area contributed by atoms with E-state index in [1.165, 1.54) is 0 Å². The van der Waals surface area contributed by atoms with Crippen molar-refractivity contribution in [3.05, 3.63) is 28.8 Å². The summed E-state index contributed by atoms with van der Waals surface area (Å²) in [6, 6.07) is 2.90. The van der Waals surface area contributed by atoms with Gasteiger partial charge in [0.25, 0.3) is 0 Å². The molecule has 1 aliphatic heterocycles. The molecule has 23 heavy (non-hydrogen) atoms. The molecule has 0 bridgehead atoms. The number of piperidine rings is 1. The maximum atomic E-state index is 12.7. The van der Waals surface area contributed by atoms with Gasteiger partial charge < -0.3 is 5.32 Å². The minimum absolute atomic E-state index is 0.00963. The Balaban J connectivity index is 2.02. The van der Waals surface area contributed by atoms with Gasteiger partial charge in [-0.25, -0.2) is 0 Å². The average molecular weight is 349 g/mol. The first-order valence-electron chi connectivity index (χ1n) is 7.54. The third-order valence-corrected chi connectivity index (χ3v) is 4.21. The summed E-state index contributed by atoms with van der Waals surface area (Å²) >= 11 is 5.88. The number of likely N-dealkylation sites (tertiary alicyclic amines) is 1. The van der Waals surface area contributed by atoms with Crippen molar-refractivity contribution in [3.8, 4) is 0 Å². The molecule has 1 saturated heterocycles. The van der Waals surface area contributed by atoms with Crippen LogP contribution in [0.3, 0.4) is 0 Å². The van der Waals surface area contributed by atoms with E-state index < -0.39 is 11.7 Å². The van der Waals surface area contributed by atoms with Crippen molar-refractivity contribution in [2.75, 3.05) is 25.0 Å². The zero-order valence-corrected chi connectivity index (χ0v) is 13.8. The molecule has 0 aliphatic carbocycles. The number of halogens is 4. The zero-order chi connectivity index (χ0) is 17.2. The predicted molar refractivity (Wildman–Crippen MR) is 84.5 cm³/mol. The summed E-state index contributed by atoms with van der Waals surface area (Å²) in [6.07, 6.45) is -3.35. The molecule has 1 amide bonds. The van der Waals surface area contributed by atoms with Crippen LogP contribution in [0, 0.1) is 11.8 Å². The lowest BCUT2D eigenvalue weighted by Gasteiger charge is -2.34. The van der Waals surface area contributed by atoms with E-state index in [0.29, 0.717) is 11.8 Å². The molecule has 2 atom stereocenters. The molecular formula is C16H20ClF3N2O. The number of nitrogens with one attached hydrogen (secondary N) is 1. The van der Waals surface area contributed by atoms with Gasteiger partial charge in [-0.05, 0) is 36.5 Å². The fraction of sp³-hybridized carbons (Fsp3) is 0.562. The van der Waals surface area contributed by atoms with Gasteiger partial charge in [-0.1, -0.05) is 25.4 Å². The van der Waals surface area contributed by atoms with Crippen molar-refractivity contribution in [1.29, 1.82) is 0 Å². The van der Waals surface area contributed by atoms with Gasteiger partial charge in [0.05, 0.1) is 22.8 Å². The molecule has 2 rings (SSSR count). The molecule has 1 aromatic carbocycles. The van der Waals surface area contributed by atoms with Crippen LogP contribution >= 0.6 is 11.6 Å². The molecule has 128 valence electrons. The standard InChI is InChI=1S/C16H20ClF3N2O/c1-10-5-11(2)8-22(7-10)9-15(23)21-14-6-12(16(18,19)20)3-4-13(14)17/h3-4,6,10-11H,5,7-9H2,1-2H3,(H,21,23). The molecule has 1 heterocycles. The van der Waals surface area contributed by atoms with E-state index in [9.17, 15) is 18.0 Å². The third-order valence-electron chi connectivity index (χ3n) is 3.88. The van der Waals surface area contributed by atoms with Gasteiger partial charge in [-0.3, -0.25) is 9.69 Å². The first-order chi connectivity index (χ1) is 10.6. The van der Waals surface area contributed by atoms with Crippen molar-refractivity contribution in [1.82, 2.24) is 4.90 Å². The van der Waals surface area contributed by atoms with E-state index in [1.807, 2.05) is 4.90 Å². The number of amides is 1. The quantitative estimate of drug-likeness (QED) is 0.884. The molecule has 0 radical (unpaired) electrons. The first kappa shape index (κ1) is 18.1. The molecule has 1 aliphatic rings. The molecule has 1 fully saturated rings. The summed E-state index contributed by atoms with van der Waals surface area (Å²) in [7, 11) is 0. The Kier molecular flexibility index (Phi) is 5.57. The number of alkyl halides is 3. The van der Waals surface area contributed by atoms with Crippen LogP contribution in [0.5, 0.6) is 0 Å². The minimum atomic E-state index is -4.47. The second kappa shape index (κ2) is 7.09. The second-order valence-electron chi connectivity index (χ2n) is 6.38. The summed E-state index contributed by atoms with van der Waals surface area (Å²) in [5, 5.41) is 2.58. The second-order valence-corrected chi connectivity index (χ2v) is 6.79. The summed E-state index contributed by atoms with van der Waals surface area (Å²) < 4.78 is 38.2. The van der Waals surface area contributed by atoms with Gasteiger partial charge in [0, 0.05) is 13.1 Å². The Morgan fingerprint density at radius 1 is 1.30 bits per heavy atom. The number of carbonyl (C=O) groups excluding carboxylic acids is 1. The lowest BCUT2D eigenvalue weighted by Crippen LogP contribution is -2.42. The molecule has 1 aromatic rings. The molecular weight excluding hydrogens is 329 g/mol. The van der Waals surface area contributed by atoms with Gasteiger partial charge >= 0.3 is 6.18 Å². The van der Waals surface area contributed by atoms with Crippen molar-refractivity contribution in [3.63, 3.8) is 0 Å². The smallest absolute Gasteiger partial charge is 0.324 e.